The Morgan fingerprint density at radius 2 is 2.06 bits per heavy atom. The molecule has 4 nitrogen and oxygen atoms in total. The lowest BCUT2D eigenvalue weighted by Crippen LogP contribution is -2.00. The van der Waals surface area contributed by atoms with Gasteiger partial charge < -0.3 is 14.3 Å². The number of rotatable bonds is 3. The zero-order valence-corrected chi connectivity index (χ0v) is 10.3. The van der Waals surface area contributed by atoms with Crippen molar-refractivity contribution in [2.75, 3.05) is 7.11 Å². The first-order valence-corrected chi connectivity index (χ1v) is 5.62. The van der Waals surface area contributed by atoms with Gasteiger partial charge in [-0.25, -0.2) is 4.79 Å². The maximum Gasteiger partial charge on any atom is 0.373 e. The molecule has 0 aliphatic heterocycles. The smallest absolute Gasteiger partial charge is 0.373 e. The summed E-state index contributed by atoms with van der Waals surface area (Å²) in [5.41, 5.74) is 0.518. The van der Waals surface area contributed by atoms with Crippen LogP contribution >= 0.6 is 11.6 Å². The van der Waals surface area contributed by atoms with E-state index < -0.39 is 12.1 Å². The Morgan fingerprint density at radius 1 is 1.33 bits per heavy atom. The molecule has 94 valence electrons. The van der Waals surface area contributed by atoms with E-state index in [0.717, 1.165) is 0 Å². The van der Waals surface area contributed by atoms with Crippen molar-refractivity contribution in [2.24, 2.45) is 0 Å². The number of furan rings is 1. The van der Waals surface area contributed by atoms with Crippen molar-refractivity contribution < 1.29 is 19.1 Å². The first-order chi connectivity index (χ1) is 8.63. The Morgan fingerprint density at radius 3 is 2.72 bits per heavy atom. The van der Waals surface area contributed by atoms with Crippen molar-refractivity contribution in [2.45, 2.75) is 6.10 Å². The second-order valence-corrected chi connectivity index (χ2v) is 4.02. The van der Waals surface area contributed by atoms with Gasteiger partial charge in [0, 0.05) is 10.6 Å². The number of carbonyl (C=O) groups is 1. The number of aliphatic hydroxyl groups excluding tert-OH is 1. The number of hydrogen-bond acceptors (Lipinski definition) is 4. The molecule has 1 aromatic heterocycles. The number of methoxy groups -OCH3 is 1. The van der Waals surface area contributed by atoms with Gasteiger partial charge in [0.15, 0.2) is 0 Å². The Kier molecular flexibility index (Phi) is 3.69. The molecule has 0 radical (unpaired) electrons. The van der Waals surface area contributed by atoms with Crippen molar-refractivity contribution in [3.8, 4) is 0 Å². The van der Waals surface area contributed by atoms with Crippen LogP contribution < -0.4 is 0 Å². The van der Waals surface area contributed by atoms with Gasteiger partial charge in [-0.05, 0) is 18.2 Å². The summed E-state index contributed by atoms with van der Waals surface area (Å²) < 4.78 is 9.74. The Hall–Kier alpha value is -1.78. The summed E-state index contributed by atoms with van der Waals surface area (Å²) in [4.78, 5) is 11.2. The summed E-state index contributed by atoms with van der Waals surface area (Å²) in [5, 5.41) is 10.5. The van der Waals surface area contributed by atoms with Gasteiger partial charge in [0.2, 0.25) is 5.76 Å². The van der Waals surface area contributed by atoms with Crippen LogP contribution in [0.3, 0.4) is 0 Å². The van der Waals surface area contributed by atoms with E-state index in [9.17, 15) is 9.90 Å². The molecule has 1 atom stereocenters. The van der Waals surface area contributed by atoms with Gasteiger partial charge in [0.05, 0.1) is 7.11 Å². The maximum absolute atomic E-state index is 11.2. The highest BCUT2D eigenvalue weighted by atomic mass is 35.5. The highest BCUT2D eigenvalue weighted by molar-refractivity contribution is 6.31. The minimum absolute atomic E-state index is 0.0404. The van der Waals surface area contributed by atoms with Crippen LogP contribution in [0.15, 0.2) is 40.8 Å². The van der Waals surface area contributed by atoms with Crippen molar-refractivity contribution in [1.82, 2.24) is 0 Å². The summed E-state index contributed by atoms with van der Waals surface area (Å²) >= 11 is 5.97. The van der Waals surface area contributed by atoms with E-state index in [2.05, 4.69) is 4.74 Å². The molecule has 0 bridgehead atoms. The van der Waals surface area contributed by atoms with E-state index in [-0.39, 0.29) is 11.5 Å². The van der Waals surface area contributed by atoms with Crippen LogP contribution in [0.25, 0.3) is 0 Å². The van der Waals surface area contributed by atoms with Crippen LogP contribution in [0.2, 0.25) is 5.02 Å². The van der Waals surface area contributed by atoms with Crippen LogP contribution in [-0.4, -0.2) is 18.2 Å². The maximum atomic E-state index is 11.2. The molecule has 2 aromatic rings. The second-order valence-electron chi connectivity index (χ2n) is 3.62. The average Bonchev–Trinajstić information content (AvgIpc) is 2.87. The highest BCUT2D eigenvalue weighted by Crippen LogP contribution is 2.29. The molecule has 0 aliphatic rings. The summed E-state index contributed by atoms with van der Waals surface area (Å²) in [7, 11) is 1.26. The van der Waals surface area contributed by atoms with E-state index in [0.29, 0.717) is 10.6 Å². The zero-order valence-electron chi connectivity index (χ0n) is 9.59. The average molecular weight is 267 g/mol. The Labute approximate surface area is 109 Å². The molecule has 1 aromatic carbocycles. The molecular formula is C13H11ClO4. The van der Waals surface area contributed by atoms with Crippen LogP contribution in [0, 0.1) is 0 Å². The molecule has 0 fully saturated rings. The topological polar surface area (TPSA) is 59.7 Å². The molecule has 0 aliphatic carbocycles. The summed E-state index contributed by atoms with van der Waals surface area (Å²) in [6.45, 7) is 0. The number of carbonyl (C=O) groups excluding carboxylic acids is 1. The number of hydrogen-bond donors (Lipinski definition) is 1. The molecule has 0 amide bonds. The van der Waals surface area contributed by atoms with Crippen LogP contribution in [0.1, 0.15) is 28.0 Å². The largest absolute Gasteiger partial charge is 0.463 e. The van der Waals surface area contributed by atoms with Gasteiger partial charge in [0.1, 0.15) is 11.9 Å². The lowest BCUT2D eigenvalue weighted by atomic mass is 10.1. The molecule has 5 heteroatoms. The quantitative estimate of drug-likeness (QED) is 0.868. The second kappa shape index (κ2) is 5.25. The zero-order chi connectivity index (χ0) is 13.1. The predicted octanol–water partition coefficient (Wildman–Crippen LogP) is 2.80. The molecule has 0 spiro atoms. The molecule has 0 saturated carbocycles. The van der Waals surface area contributed by atoms with Gasteiger partial charge in [-0.15, -0.1) is 0 Å². The van der Waals surface area contributed by atoms with E-state index in [4.69, 9.17) is 16.0 Å². The first-order valence-electron chi connectivity index (χ1n) is 5.24. The molecule has 0 saturated heterocycles. The lowest BCUT2D eigenvalue weighted by Gasteiger charge is -2.09. The van der Waals surface area contributed by atoms with Crippen molar-refractivity contribution in [1.29, 1.82) is 0 Å². The van der Waals surface area contributed by atoms with Crippen molar-refractivity contribution >= 4 is 17.6 Å². The van der Waals surface area contributed by atoms with Crippen LogP contribution in [0.5, 0.6) is 0 Å². The molecule has 2 rings (SSSR count). The fourth-order valence-corrected chi connectivity index (χ4v) is 1.80. The molecule has 1 N–H and O–H groups in total. The van der Waals surface area contributed by atoms with Gasteiger partial charge in [-0.2, -0.15) is 0 Å². The summed E-state index contributed by atoms with van der Waals surface area (Å²) in [5.74, 6) is -0.310. The lowest BCUT2D eigenvalue weighted by molar-refractivity contribution is 0.0558. The Balaban J connectivity index is 2.29. The number of ether oxygens (including phenoxy) is 1. The third-order valence-corrected chi connectivity index (χ3v) is 2.83. The SMILES string of the molecule is COC(=O)c1ccc(C(O)c2ccccc2Cl)o1. The highest BCUT2D eigenvalue weighted by Gasteiger charge is 2.19. The van der Waals surface area contributed by atoms with Gasteiger partial charge in [-0.3, -0.25) is 0 Å². The van der Waals surface area contributed by atoms with Crippen LogP contribution in [-0.2, 0) is 4.74 Å². The monoisotopic (exact) mass is 266 g/mol. The molecule has 1 unspecified atom stereocenters. The summed E-state index contributed by atoms with van der Waals surface area (Å²) in [6, 6.07) is 9.84. The summed E-state index contributed by atoms with van der Waals surface area (Å²) in [6.07, 6.45) is -1.02. The van der Waals surface area contributed by atoms with Crippen molar-refractivity contribution in [3.05, 3.63) is 58.5 Å². The minimum atomic E-state index is -1.02. The normalized spacial score (nSPS) is 12.2. The van der Waals surface area contributed by atoms with Gasteiger partial charge in [0.25, 0.3) is 0 Å². The predicted molar refractivity (Wildman–Crippen MR) is 65.6 cm³/mol. The standard InChI is InChI=1S/C13H11ClO4/c1-17-13(16)11-7-6-10(18-11)12(15)8-4-2-3-5-9(8)14/h2-7,12,15H,1H3. The number of aliphatic hydroxyl groups is 1. The number of benzene rings is 1. The third kappa shape index (κ3) is 2.39. The first kappa shape index (κ1) is 12.7. The van der Waals surface area contributed by atoms with Gasteiger partial charge >= 0.3 is 5.97 Å². The fraction of sp³-hybridized carbons (Fsp3) is 0.154. The van der Waals surface area contributed by atoms with Crippen LogP contribution in [0.4, 0.5) is 0 Å². The van der Waals surface area contributed by atoms with E-state index in [1.807, 2.05) is 0 Å². The van der Waals surface area contributed by atoms with E-state index >= 15 is 0 Å². The number of esters is 1. The fourth-order valence-electron chi connectivity index (χ4n) is 1.56. The van der Waals surface area contributed by atoms with E-state index in [1.54, 1.807) is 24.3 Å². The molecular weight excluding hydrogens is 256 g/mol. The minimum Gasteiger partial charge on any atom is -0.463 e. The van der Waals surface area contributed by atoms with Gasteiger partial charge in [-0.1, -0.05) is 29.8 Å². The van der Waals surface area contributed by atoms with Crippen molar-refractivity contribution in [3.63, 3.8) is 0 Å². The third-order valence-electron chi connectivity index (χ3n) is 2.48. The van der Waals surface area contributed by atoms with E-state index in [1.165, 1.54) is 19.2 Å². The number of halogens is 1. The Bertz CT molecular complexity index is 562. The molecule has 1 heterocycles. The molecule has 18 heavy (non-hydrogen) atoms.